The highest BCUT2D eigenvalue weighted by atomic mass is 16.4. The van der Waals surface area contributed by atoms with Crippen LogP contribution in [-0.4, -0.2) is 4.98 Å². The fourth-order valence-electron chi connectivity index (χ4n) is 6.49. The van der Waals surface area contributed by atoms with Crippen LogP contribution < -0.4 is 4.90 Å². The standard InChI is InChI=1S/C43H28N2O2/c1-3-11-29(12-4-1)30-21-25-33(26-22-30)45(32-13-5-2-6-14-32)34-27-23-31(24-28-34)35-16-9-18-38-42(35)47-43(44-38)37-17-10-20-40-41(37)36-15-7-8-19-39(36)46-40/h1-28H. The van der Waals surface area contributed by atoms with Gasteiger partial charge in [0.05, 0.1) is 0 Å². The number of hydrogen-bond donors (Lipinski definition) is 0. The molecule has 0 aliphatic rings. The molecule has 7 aromatic carbocycles. The Balaban J connectivity index is 1.10. The summed E-state index contributed by atoms with van der Waals surface area (Å²) in [6, 6.07) is 58.6. The summed E-state index contributed by atoms with van der Waals surface area (Å²) in [5.74, 6) is 0.579. The van der Waals surface area contributed by atoms with E-state index < -0.39 is 0 Å². The molecule has 4 heteroatoms. The normalized spacial score (nSPS) is 11.4. The molecular weight excluding hydrogens is 576 g/mol. The van der Waals surface area contributed by atoms with Crippen molar-refractivity contribution in [3.63, 3.8) is 0 Å². The topological polar surface area (TPSA) is 42.4 Å². The lowest BCUT2D eigenvalue weighted by molar-refractivity contribution is 0.621. The molecule has 222 valence electrons. The second-order valence-corrected chi connectivity index (χ2v) is 11.6. The van der Waals surface area contributed by atoms with E-state index in [2.05, 4.69) is 114 Å². The highest BCUT2D eigenvalue weighted by Crippen LogP contribution is 2.40. The van der Waals surface area contributed by atoms with E-state index in [0.717, 1.165) is 66.8 Å². The van der Waals surface area contributed by atoms with Crippen LogP contribution in [-0.2, 0) is 0 Å². The molecule has 2 aromatic heterocycles. The van der Waals surface area contributed by atoms with Gasteiger partial charge in [0.25, 0.3) is 0 Å². The fraction of sp³-hybridized carbons (Fsp3) is 0. The van der Waals surface area contributed by atoms with Gasteiger partial charge in [0.15, 0.2) is 5.58 Å². The van der Waals surface area contributed by atoms with Crippen LogP contribution in [0.3, 0.4) is 0 Å². The summed E-state index contributed by atoms with van der Waals surface area (Å²) in [7, 11) is 0. The van der Waals surface area contributed by atoms with Crippen LogP contribution in [0.25, 0.3) is 66.7 Å². The molecule has 47 heavy (non-hydrogen) atoms. The molecule has 0 atom stereocenters. The molecule has 0 bridgehead atoms. The molecule has 0 amide bonds. The summed E-state index contributed by atoms with van der Waals surface area (Å²) >= 11 is 0. The largest absolute Gasteiger partial charge is 0.456 e. The maximum atomic E-state index is 6.57. The molecule has 0 aliphatic heterocycles. The van der Waals surface area contributed by atoms with Gasteiger partial charge in [-0.1, -0.05) is 109 Å². The highest BCUT2D eigenvalue weighted by molar-refractivity contribution is 6.12. The summed E-state index contributed by atoms with van der Waals surface area (Å²) in [6.45, 7) is 0. The average molecular weight is 605 g/mol. The van der Waals surface area contributed by atoms with Gasteiger partial charge in [-0.2, -0.15) is 0 Å². The van der Waals surface area contributed by atoms with Crippen LogP contribution in [0.4, 0.5) is 17.1 Å². The summed E-state index contributed by atoms with van der Waals surface area (Å²) in [5, 5.41) is 2.06. The van der Waals surface area contributed by atoms with Gasteiger partial charge >= 0.3 is 0 Å². The molecule has 0 aliphatic carbocycles. The second-order valence-electron chi connectivity index (χ2n) is 11.6. The molecule has 0 radical (unpaired) electrons. The van der Waals surface area contributed by atoms with Crippen molar-refractivity contribution in [2.24, 2.45) is 0 Å². The summed E-state index contributed by atoms with van der Waals surface area (Å²) < 4.78 is 12.7. The number of fused-ring (bicyclic) bond motifs is 4. The van der Waals surface area contributed by atoms with Crippen molar-refractivity contribution in [3.05, 3.63) is 170 Å². The fourth-order valence-corrected chi connectivity index (χ4v) is 6.49. The van der Waals surface area contributed by atoms with Crippen molar-refractivity contribution in [1.29, 1.82) is 0 Å². The zero-order valence-corrected chi connectivity index (χ0v) is 25.4. The lowest BCUT2D eigenvalue weighted by Crippen LogP contribution is -2.09. The Morgan fingerprint density at radius 3 is 1.74 bits per heavy atom. The van der Waals surface area contributed by atoms with Gasteiger partial charge < -0.3 is 13.7 Å². The van der Waals surface area contributed by atoms with Crippen molar-refractivity contribution < 1.29 is 8.83 Å². The number of hydrogen-bond acceptors (Lipinski definition) is 4. The van der Waals surface area contributed by atoms with E-state index >= 15 is 0 Å². The minimum absolute atomic E-state index is 0.579. The zero-order chi connectivity index (χ0) is 31.2. The Kier molecular flexibility index (Phi) is 6.43. The lowest BCUT2D eigenvalue weighted by atomic mass is 10.0. The van der Waals surface area contributed by atoms with Crippen molar-refractivity contribution in [1.82, 2.24) is 4.98 Å². The predicted molar refractivity (Wildman–Crippen MR) is 192 cm³/mol. The number of nitrogens with zero attached hydrogens (tertiary/aromatic N) is 2. The van der Waals surface area contributed by atoms with Gasteiger partial charge in [0.1, 0.15) is 16.7 Å². The molecule has 0 saturated heterocycles. The van der Waals surface area contributed by atoms with Gasteiger partial charge in [0.2, 0.25) is 5.89 Å². The minimum atomic E-state index is 0.579. The van der Waals surface area contributed by atoms with Gasteiger partial charge in [0, 0.05) is 39.0 Å². The van der Waals surface area contributed by atoms with E-state index in [-0.39, 0.29) is 0 Å². The maximum absolute atomic E-state index is 6.57. The van der Waals surface area contributed by atoms with Gasteiger partial charge in [-0.15, -0.1) is 0 Å². The number of anilines is 3. The summed E-state index contributed by atoms with van der Waals surface area (Å²) in [4.78, 5) is 7.22. The third-order valence-corrected chi connectivity index (χ3v) is 8.73. The van der Waals surface area contributed by atoms with E-state index in [1.54, 1.807) is 0 Å². The monoisotopic (exact) mass is 604 g/mol. The van der Waals surface area contributed by atoms with Gasteiger partial charge in [-0.3, -0.25) is 0 Å². The van der Waals surface area contributed by atoms with Crippen molar-refractivity contribution in [2.45, 2.75) is 0 Å². The van der Waals surface area contributed by atoms with E-state index in [9.17, 15) is 0 Å². The van der Waals surface area contributed by atoms with Gasteiger partial charge in [-0.25, -0.2) is 4.98 Å². The first-order valence-corrected chi connectivity index (χ1v) is 15.7. The quantitative estimate of drug-likeness (QED) is 0.189. The molecule has 0 unspecified atom stereocenters. The molecule has 0 saturated carbocycles. The molecule has 4 nitrogen and oxygen atoms in total. The first-order valence-electron chi connectivity index (χ1n) is 15.7. The Morgan fingerprint density at radius 2 is 0.979 bits per heavy atom. The third kappa shape index (κ3) is 4.75. The minimum Gasteiger partial charge on any atom is -0.456 e. The zero-order valence-electron chi connectivity index (χ0n) is 25.4. The van der Waals surface area contributed by atoms with Crippen LogP contribution in [0.5, 0.6) is 0 Å². The molecule has 2 heterocycles. The maximum Gasteiger partial charge on any atom is 0.228 e. The van der Waals surface area contributed by atoms with Crippen LogP contribution in [0.15, 0.2) is 179 Å². The van der Waals surface area contributed by atoms with Crippen LogP contribution in [0.1, 0.15) is 0 Å². The van der Waals surface area contributed by atoms with E-state index in [1.165, 1.54) is 11.1 Å². The van der Waals surface area contributed by atoms with Crippen molar-refractivity contribution in [2.75, 3.05) is 4.90 Å². The average Bonchev–Trinajstić information content (AvgIpc) is 3.75. The van der Waals surface area contributed by atoms with E-state index in [0.29, 0.717) is 5.89 Å². The predicted octanol–water partition coefficient (Wildman–Crippen LogP) is 12.2. The molecule has 0 fully saturated rings. The molecule has 9 rings (SSSR count). The SMILES string of the molecule is c1ccc(-c2ccc(N(c3ccccc3)c3ccc(-c4cccc5nc(-c6cccc7oc8ccccc8c67)oc45)cc3)cc2)cc1. The Bertz CT molecular complexity index is 2500. The number of rotatable bonds is 6. The number of aromatic nitrogens is 1. The third-order valence-electron chi connectivity index (χ3n) is 8.73. The smallest absolute Gasteiger partial charge is 0.228 e. The number of para-hydroxylation sites is 3. The number of benzene rings is 7. The lowest BCUT2D eigenvalue weighted by Gasteiger charge is -2.26. The van der Waals surface area contributed by atoms with E-state index in [1.807, 2.05) is 60.7 Å². The van der Waals surface area contributed by atoms with Crippen LogP contribution in [0.2, 0.25) is 0 Å². The Morgan fingerprint density at radius 1 is 0.404 bits per heavy atom. The second kappa shape index (κ2) is 11.2. The molecular formula is C43H28N2O2. The van der Waals surface area contributed by atoms with Crippen LogP contribution >= 0.6 is 0 Å². The Hall–Kier alpha value is -6.39. The first kappa shape index (κ1) is 27.0. The summed E-state index contributed by atoms with van der Waals surface area (Å²) in [5.41, 5.74) is 11.9. The van der Waals surface area contributed by atoms with E-state index in [4.69, 9.17) is 13.8 Å². The van der Waals surface area contributed by atoms with Crippen LogP contribution in [0, 0.1) is 0 Å². The number of furan rings is 1. The number of oxazole rings is 1. The molecule has 9 aromatic rings. The van der Waals surface area contributed by atoms with Crippen molar-refractivity contribution >= 4 is 50.1 Å². The Labute approximate surface area is 271 Å². The first-order chi connectivity index (χ1) is 23.3. The van der Waals surface area contributed by atoms with Gasteiger partial charge in [-0.05, 0) is 77.4 Å². The van der Waals surface area contributed by atoms with Crippen molar-refractivity contribution in [3.8, 4) is 33.7 Å². The molecule has 0 spiro atoms. The highest BCUT2D eigenvalue weighted by Gasteiger charge is 2.19. The summed E-state index contributed by atoms with van der Waals surface area (Å²) in [6.07, 6.45) is 0. The molecule has 0 N–H and O–H groups in total.